The number of carboxylic acid groups (broad SMARTS) is 1. The molecule has 42 heavy (non-hydrogen) atoms. The van der Waals surface area contributed by atoms with E-state index in [9.17, 15) is 19.5 Å². The largest absolute Gasteiger partial charge is 0.507 e. The quantitative estimate of drug-likeness (QED) is 0.134. The van der Waals surface area contributed by atoms with Gasteiger partial charge in [-0.3, -0.25) is 19.3 Å². The Hall–Kier alpha value is -3.71. The molecule has 2 aliphatic heterocycles. The maximum absolute atomic E-state index is 13.6. The summed E-state index contributed by atoms with van der Waals surface area (Å²) in [5, 5.41) is 19.3. The smallest absolute Gasteiger partial charge is 0.303 e. The molecule has 1 aliphatic carbocycles. The first-order valence-corrected chi connectivity index (χ1v) is 15.2. The third kappa shape index (κ3) is 6.21. The molecule has 222 valence electrons. The normalized spacial score (nSPS) is 24.0. The zero-order valence-corrected chi connectivity index (χ0v) is 24.5. The Morgan fingerprint density at radius 3 is 2.43 bits per heavy atom. The average Bonchev–Trinajstić information content (AvgIpc) is 3.50. The summed E-state index contributed by atoms with van der Waals surface area (Å²) in [6, 6.07) is 17.5. The molecule has 2 aromatic rings. The van der Waals surface area contributed by atoms with Gasteiger partial charge >= 0.3 is 5.97 Å². The lowest BCUT2D eigenvalue weighted by atomic mass is 9.67. The van der Waals surface area contributed by atoms with E-state index < -0.39 is 5.97 Å². The van der Waals surface area contributed by atoms with Crippen LogP contribution in [0.2, 0.25) is 0 Å². The van der Waals surface area contributed by atoms with E-state index in [1.807, 2.05) is 42.5 Å². The summed E-state index contributed by atoms with van der Waals surface area (Å²) in [7, 11) is 0. The summed E-state index contributed by atoms with van der Waals surface area (Å²) in [6.07, 6.45) is 5.92. The number of benzene rings is 2. The number of aliphatic carboxylic acids is 1. The first-order chi connectivity index (χ1) is 20.3. The standard InChI is InChI=1S/C35H41NO6/c1-22(2)26-20-27-33(35(41)36(34(27)40)18-10-4-7-15-31(38)39)28-21-42-30(32(26)28)17-16-24(23-11-5-3-6-12-23)19-25-13-8-9-14-29(25)37/h3,5-6,8-9,11-14,19,22,27-28,30,33,37H,4,7,10,15-18,20-21H2,1-2H3,(H,38,39)/b24-19-/t27-,28+,30-,33-/m1/s1. The zero-order chi connectivity index (χ0) is 29.8. The van der Waals surface area contributed by atoms with Crippen LogP contribution in [-0.4, -0.2) is 52.2 Å². The minimum atomic E-state index is -0.824. The number of unbranched alkanes of at least 4 members (excludes halogenated alkanes) is 2. The Bertz CT molecular complexity index is 1380. The molecule has 2 fully saturated rings. The highest BCUT2D eigenvalue weighted by Gasteiger charge is 2.56. The van der Waals surface area contributed by atoms with Crippen molar-refractivity contribution in [2.24, 2.45) is 23.7 Å². The van der Waals surface area contributed by atoms with Crippen LogP contribution < -0.4 is 0 Å². The third-order valence-corrected chi connectivity index (χ3v) is 9.09. The van der Waals surface area contributed by atoms with Crippen LogP contribution in [0, 0.1) is 23.7 Å². The van der Waals surface area contributed by atoms with Gasteiger partial charge in [0.15, 0.2) is 0 Å². The van der Waals surface area contributed by atoms with Crippen LogP contribution in [-0.2, 0) is 19.1 Å². The van der Waals surface area contributed by atoms with Crippen molar-refractivity contribution in [3.05, 3.63) is 76.9 Å². The maximum Gasteiger partial charge on any atom is 0.303 e. The second-order valence-corrected chi connectivity index (χ2v) is 12.1. The van der Waals surface area contributed by atoms with E-state index in [4.69, 9.17) is 9.84 Å². The number of phenols is 1. The number of fused-ring (bicyclic) bond motifs is 3. The van der Waals surface area contributed by atoms with Crippen molar-refractivity contribution in [1.29, 1.82) is 0 Å². The molecule has 4 atom stereocenters. The number of hydrogen-bond donors (Lipinski definition) is 2. The van der Waals surface area contributed by atoms with Crippen LogP contribution >= 0.6 is 0 Å². The molecule has 3 aliphatic rings. The van der Waals surface area contributed by atoms with Crippen molar-refractivity contribution in [3.8, 4) is 5.75 Å². The number of allylic oxidation sites excluding steroid dienone is 2. The Kier molecular flexibility index (Phi) is 9.27. The highest BCUT2D eigenvalue weighted by atomic mass is 16.5. The summed E-state index contributed by atoms with van der Waals surface area (Å²) in [6.45, 7) is 5.10. The van der Waals surface area contributed by atoms with Crippen LogP contribution in [0.1, 0.15) is 69.9 Å². The topological polar surface area (TPSA) is 104 Å². The molecule has 0 bridgehead atoms. The minimum absolute atomic E-state index is 0.0825. The zero-order valence-electron chi connectivity index (χ0n) is 24.5. The fourth-order valence-electron chi connectivity index (χ4n) is 7.00. The number of phenolic OH excluding ortho intramolecular Hbond substituents is 1. The highest BCUT2D eigenvalue weighted by Crippen LogP contribution is 2.51. The number of hydrogen-bond acceptors (Lipinski definition) is 5. The van der Waals surface area contributed by atoms with Crippen LogP contribution in [0.5, 0.6) is 5.75 Å². The average molecular weight is 572 g/mol. The van der Waals surface area contributed by atoms with Gasteiger partial charge in [-0.15, -0.1) is 0 Å². The van der Waals surface area contributed by atoms with E-state index in [0.29, 0.717) is 38.8 Å². The Balaban J connectivity index is 1.34. The van der Waals surface area contributed by atoms with E-state index in [-0.39, 0.29) is 53.8 Å². The fourth-order valence-corrected chi connectivity index (χ4v) is 7.00. The lowest BCUT2D eigenvalue weighted by Gasteiger charge is -2.33. The molecular weight excluding hydrogens is 530 g/mol. The number of carbonyl (C=O) groups is 3. The van der Waals surface area contributed by atoms with Gasteiger partial charge in [0.25, 0.3) is 0 Å². The minimum Gasteiger partial charge on any atom is -0.507 e. The second kappa shape index (κ2) is 13.1. The van der Waals surface area contributed by atoms with Crippen molar-refractivity contribution in [3.63, 3.8) is 0 Å². The summed E-state index contributed by atoms with van der Waals surface area (Å²) in [5.74, 6) is -1.34. The molecule has 5 rings (SSSR count). The molecule has 0 unspecified atom stereocenters. The van der Waals surface area contributed by atoms with Crippen LogP contribution in [0.3, 0.4) is 0 Å². The Morgan fingerprint density at radius 2 is 1.71 bits per heavy atom. The molecule has 0 radical (unpaired) electrons. The van der Waals surface area contributed by atoms with Crippen molar-refractivity contribution in [1.82, 2.24) is 4.90 Å². The van der Waals surface area contributed by atoms with Gasteiger partial charge in [-0.2, -0.15) is 0 Å². The van der Waals surface area contributed by atoms with E-state index in [2.05, 4.69) is 26.0 Å². The molecule has 2 saturated heterocycles. The highest BCUT2D eigenvalue weighted by molar-refractivity contribution is 6.06. The van der Waals surface area contributed by atoms with Gasteiger partial charge in [0, 0.05) is 24.4 Å². The van der Waals surface area contributed by atoms with Crippen molar-refractivity contribution in [2.45, 2.75) is 64.9 Å². The Morgan fingerprint density at radius 1 is 0.976 bits per heavy atom. The maximum atomic E-state index is 13.6. The molecule has 2 amide bonds. The van der Waals surface area contributed by atoms with Gasteiger partial charge in [0.1, 0.15) is 5.75 Å². The molecule has 2 aromatic carbocycles. The van der Waals surface area contributed by atoms with Gasteiger partial charge in [0.05, 0.1) is 24.5 Å². The van der Waals surface area contributed by atoms with Crippen molar-refractivity contribution >= 4 is 29.4 Å². The molecule has 0 aromatic heterocycles. The number of imide groups is 1. The number of likely N-dealkylation sites (tertiary alicyclic amines) is 1. The lowest BCUT2D eigenvalue weighted by molar-refractivity contribution is -0.141. The predicted octanol–water partition coefficient (Wildman–Crippen LogP) is 6.33. The fraction of sp³-hybridized carbons (Fsp3) is 0.457. The number of carboxylic acids is 1. The molecule has 7 heteroatoms. The monoisotopic (exact) mass is 571 g/mol. The molecule has 0 saturated carbocycles. The summed E-state index contributed by atoms with van der Waals surface area (Å²) >= 11 is 0. The number of nitrogens with zero attached hydrogens (tertiary/aromatic N) is 1. The van der Waals surface area contributed by atoms with Crippen LogP contribution in [0.25, 0.3) is 11.6 Å². The van der Waals surface area contributed by atoms with E-state index >= 15 is 0 Å². The molecule has 7 nitrogen and oxygen atoms in total. The summed E-state index contributed by atoms with van der Waals surface area (Å²) < 4.78 is 6.43. The number of para-hydroxylation sites is 1. The molecular formula is C35H41NO6. The third-order valence-electron chi connectivity index (χ3n) is 9.09. The van der Waals surface area contributed by atoms with E-state index in [1.165, 1.54) is 16.0 Å². The molecule has 2 heterocycles. The lowest BCUT2D eigenvalue weighted by Crippen LogP contribution is -2.35. The second-order valence-electron chi connectivity index (χ2n) is 12.1. The van der Waals surface area contributed by atoms with Gasteiger partial charge in [-0.25, -0.2) is 0 Å². The van der Waals surface area contributed by atoms with Gasteiger partial charge in [0.2, 0.25) is 11.8 Å². The van der Waals surface area contributed by atoms with Crippen molar-refractivity contribution in [2.75, 3.05) is 13.2 Å². The summed E-state index contributed by atoms with van der Waals surface area (Å²) in [5.41, 5.74) is 5.42. The molecule has 2 N–H and O–H groups in total. The number of rotatable bonds is 12. The van der Waals surface area contributed by atoms with Gasteiger partial charge < -0.3 is 14.9 Å². The van der Waals surface area contributed by atoms with Gasteiger partial charge in [-0.1, -0.05) is 74.4 Å². The Labute approximate surface area is 247 Å². The van der Waals surface area contributed by atoms with Crippen molar-refractivity contribution < 1.29 is 29.3 Å². The number of ether oxygens (including phenoxy) is 1. The van der Waals surface area contributed by atoms with Crippen LogP contribution in [0.15, 0.2) is 65.7 Å². The number of amides is 2. The SMILES string of the molecule is CC(C)C1=C2[C@@H](CC/C(=C/c3ccccc3O)c3ccccc3)OC[C@@H]2[C@@H]2C(=O)N(CCCCCC(=O)O)C(=O)[C@@H]2C1. The van der Waals surface area contributed by atoms with Crippen LogP contribution in [0.4, 0.5) is 0 Å². The number of carbonyl (C=O) groups excluding carboxylic acids is 2. The first-order valence-electron chi connectivity index (χ1n) is 15.2. The van der Waals surface area contributed by atoms with E-state index in [0.717, 1.165) is 29.5 Å². The predicted molar refractivity (Wildman–Crippen MR) is 161 cm³/mol. The van der Waals surface area contributed by atoms with Gasteiger partial charge in [-0.05, 0) is 66.9 Å². The summed E-state index contributed by atoms with van der Waals surface area (Å²) in [4.78, 5) is 39.3. The first kappa shape index (κ1) is 29.8. The number of aromatic hydroxyl groups is 1. The molecule has 0 spiro atoms. The van der Waals surface area contributed by atoms with E-state index in [1.54, 1.807) is 6.07 Å².